The maximum atomic E-state index is 11.5. The molecule has 0 aliphatic heterocycles. The molecule has 0 saturated carbocycles. The fourth-order valence-electron chi connectivity index (χ4n) is 1.08. The van der Waals surface area contributed by atoms with Crippen LogP contribution in [0.15, 0.2) is 22.7 Å². The summed E-state index contributed by atoms with van der Waals surface area (Å²) in [4.78, 5) is 11.5. The molecule has 0 fully saturated rings. The van der Waals surface area contributed by atoms with Gasteiger partial charge < -0.3 is 5.32 Å². The zero-order chi connectivity index (χ0) is 9.84. The largest absolute Gasteiger partial charge is 0.352 e. The molecule has 1 aromatic carbocycles. The molecule has 13 heavy (non-hydrogen) atoms. The Labute approximate surface area is 86.5 Å². The topological polar surface area (TPSA) is 29.1 Å². The highest BCUT2D eigenvalue weighted by Gasteiger charge is 2.09. The van der Waals surface area contributed by atoms with Crippen LogP contribution in [-0.2, 0) is 0 Å². The highest BCUT2D eigenvalue weighted by Crippen LogP contribution is 2.20. The third kappa shape index (κ3) is 2.31. The molecule has 0 aliphatic rings. The van der Waals surface area contributed by atoms with Gasteiger partial charge in [-0.2, -0.15) is 0 Å². The molecule has 1 rings (SSSR count). The van der Waals surface area contributed by atoms with Crippen molar-refractivity contribution >= 4 is 21.8 Å². The van der Waals surface area contributed by atoms with E-state index in [0.29, 0.717) is 12.1 Å². The first-order valence-electron chi connectivity index (χ1n) is 4.20. The van der Waals surface area contributed by atoms with Crippen LogP contribution in [0.2, 0.25) is 0 Å². The number of hydrogen-bond donors (Lipinski definition) is 1. The van der Waals surface area contributed by atoms with E-state index in [1.807, 2.05) is 32.0 Å². The van der Waals surface area contributed by atoms with Crippen molar-refractivity contribution < 1.29 is 4.79 Å². The maximum Gasteiger partial charge on any atom is 0.252 e. The Kier molecular flexibility index (Phi) is 3.48. The molecule has 1 N–H and O–H groups in total. The van der Waals surface area contributed by atoms with E-state index in [9.17, 15) is 4.79 Å². The summed E-state index contributed by atoms with van der Waals surface area (Å²) in [6, 6.07) is 5.65. The minimum atomic E-state index is -0.0296. The Hall–Kier alpha value is -0.830. The molecule has 0 aromatic heterocycles. The zero-order valence-corrected chi connectivity index (χ0v) is 9.31. The predicted molar refractivity (Wildman–Crippen MR) is 56.9 cm³/mol. The fraction of sp³-hybridized carbons (Fsp3) is 0.300. The van der Waals surface area contributed by atoms with Crippen LogP contribution in [-0.4, -0.2) is 12.5 Å². The molecule has 0 unspecified atom stereocenters. The lowest BCUT2D eigenvalue weighted by atomic mass is 10.1. The van der Waals surface area contributed by atoms with Gasteiger partial charge in [0.2, 0.25) is 0 Å². The normalized spacial score (nSPS) is 9.77. The maximum absolute atomic E-state index is 11.5. The van der Waals surface area contributed by atoms with Crippen LogP contribution in [0.5, 0.6) is 0 Å². The highest BCUT2D eigenvalue weighted by atomic mass is 79.9. The first-order chi connectivity index (χ1) is 6.16. The fourth-order valence-corrected chi connectivity index (χ4v) is 1.52. The van der Waals surface area contributed by atoms with Crippen LogP contribution in [0, 0.1) is 6.92 Å². The Bertz CT molecular complexity index is 323. The standard InChI is InChI=1S/C10H12BrNO/c1-3-12-10(13)8-6-4-5-7(2)9(8)11/h4-6H,3H2,1-2H3,(H,12,13). The van der Waals surface area contributed by atoms with E-state index in [2.05, 4.69) is 21.2 Å². The molecule has 0 bridgehead atoms. The van der Waals surface area contributed by atoms with Crippen LogP contribution in [0.1, 0.15) is 22.8 Å². The van der Waals surface area contributed by atoms with Gasteiger partial charge in [0.05, 0.1) is 5.56 Å². The lowest BCUT2D eigenvalue weighted by Gasteiger charge is -2.06. The molecule has 0 heterocycles. The lowest BCUT2D eigenvalue weighted by Crippen LogP contribution is -2.23. The summed E-state index contributed by atoms with van der Waals surface area (Å²) in [6.07, 6.45) is 0. The Morgan fingerprint density at radius 2 is 2.23 bits per heavy atom. The Morgan fingerprint density at radius 3 is 2.85 bits per heavy atom. The van der Waals surface area contributed by atoms with Crippen molar-refractivity contribution in [2.24, 2.45) is 0 Å². The van der Waals surface area contributed by atoms with Gasteiger partial charge in [-0.25, -0.2) is 0 Å². The van der Waals surface area contributed by atoms with Gasteiger partial charge in [-0.15, -0.1) is 0 Å². The molecule has 0 atom stereocenters. The number of amides is 1. The van der Waals surface area contributed by atoms with Gasteiger partial charge in [-0.1, -0.05) is 12.1 Å². The van der Waals surface area contributed by atoms with Crippen LogP contribution in [0.4, 0.5) is 0 Å². The SMILES string of the molecule is CCNC(=O)c1cccc(C)c1Br. The third-order valence-electron chi connectivity index (χ3n) is 1.77. The number of benzene rings is 1. The molecule has 1 aromatic rings. The number of halogens is 1. The van der Waals surface area contributed by atoms with E-state index in [1.165, 1.54) is 0 Å². The average Bonchev–Trinajstić information content (AvgIpc) is 2.10. The van der Waals surface area contributed by atoms with Crippen LogP contribution in [0.25, 0.3) is 0 Å². The van der Waals surface area contributed by atoms with Crippen molar-refractivity contribution in [2.45, 2.75) is 13.8 Å². The highest BCUT2D eigenvalue weighted by molar-refractivity contribution is 9.10. The van der Waals surface area contributed by atoms with Crippen LogP contribution >= 0.6 is 15.9 Å². The van der Waals surface area contributed by atoms with E-state index in [-0.39, 0.29) is 5.91 Å². The molecule has 2 nitrogen and oxygen atoms in total. The second-order valence-electron chi connectivity index (χ2n) is 2.80. The number of carbonyl (C=O) groups is 1. The summed E-state index contributed by atoms with van der Waals surface area (Å²) in [6.45, 7) is 4.52. The van der Waals surface area contributed by atoms with E-state index < -0.39 is 0 Å². The number of hydrogen-bond acceptors (Lipinski definition) is 1. The Balaban J connectivity index is 3.01. The summed E-state index contributed by atoms with van der Waals surface area (Å²) in [5.74, 6) is -0.0296. The van der Waals surface area contributed by atoms with E-state index >= 15 is 0 Å². The number of aryl methyl sites for hydroxylation is 1. The van der Waals surface area contributed by atoms with E-state index in [0.717, 1.165) is 10.0 Å². The summed E-state index contributed by atoms with van der Waals surface area (Å²) < 4.78 is 0.876. The molecule has 0 aliphatic carbocycles. The van der Waals surface area contributed by atoms with Crippen molar-refractivity contribution in [3.8, 4) is 0 Å². The third-order valence-corrected chi connectivity index (χ3v) is 2.83. The first kappa shape index (κ1) is 10.3. The second-order valence-corrected chi connectivity index (χ2v) is 3.59. The average molecular weight is 242 g/mol. The van der Waals surface area contributed by atoms with Crippen LogP contribution < -0.4 is 5.32 Å². The summed E-state index contributed by atoms with van der Waals surface area (Å²) in [7, 11) is 0. The minimum absolute atomic E-state index is 0.0296. The van der Waals surface area contributed by atoms with Crippen LogP contribution in [0.3, 0.4) is 0 Å². The van der Waals surface area contributed by atoms with E-state index in [1.54, 1.807) is 0 Å². The molecule has 70 valence electrons. The van der Waals surface area contributed by atoms with Crippen molar-refractivity contribution in [3.63, 3.8) is 0 Å². The number of nitrogens with one attached hydrogen (secondary N) is 1. The number of rotatable bonds is 2. The Morgan fingerprint density at radius 1 is 1.54 bits per heavy atom. The molecule has 0 spiro atoms. The molecule has 1 amide bonds. The molecule has 3 heteroatoms. The van der Waals surface area contributed by atoms with Gasteiger partial charge in [0, 0.05) is 11.0 Å². The quantitative estimate of drug-likeness (QED) is 0.848. The molecule has 0 saturated heterocycles. The molecular formula is C10H12BrNO. The zero-order valence-electron chi connectivity index (χ0n) is 7.73. The van der Waals surface area contributed by atoms with Gasteiger partial charge in [0.1, 0.15) is 0 Å². The first-order valence-corrected chi connectivity index (χ1v) is 4.99. The molecule has 0 radical (unpaired) electrons. The van der Waals surface area contributed by atoms with Gasteiger partial charge in [-0.3, -0.25) is 4.79 Å². The predicted octanol–water partition coefficient (Wildman–Crippen LogP) is 2.51. The monoisotopic (exact) mass is 241 g/mol. The summed E-state index contributed by atoms with van der Waals surface area (Å²) in [5.41, 5.74) is 1.77. The molecular weight excluding hydrogens is 230 g/mol. The van der Waals surface area contributed by atoms with Crippen molar-refractivity contribution in [2.75, 3.05) is 6.54 Å². The minimum Gasteiger partial charge on any atom is -0.352 e. The smallest absolute Gasteiger partial charge is 0.252 e. The van der Waals surface area contributed by atoms with Crippen molar-refractivity contribution in [1.82, 2.24) is 5.32 Å². The van der Waals surface area contributed by atoms with Gasteiger partial charge in [0.15, 0.2) is 0 Å². The van der Waals surface area contributed by atoms with Crippen molar-refractivity contribution in [3.05, 3.63) is 33.8 Å². The second kappa shape index (κ2) is 4.42. The van der Waals surface area contributed by atoms with Crippen molar-refractivity contribution in [1.29, 1.82) is 0 Å². The lowest BCUT2D eigenvalue weighted by molar-refractivity contribution is 0.0955. The number of carbonyl (C=O) groups excluding carboxylic acids is 1. The summed E-state index contributed by atoms with van der Waals surface area (Å²) >= 11 is 3.39. The van der Waals surface area contributed by atoms with E-state index in [4.69, 9.17) is 0 Å². The van der Waals surface area contributed by atoms with Gasteiger partial charge in [-0.05, 0) is 41.4 Å². The van der Waals surface area contributed by atoms with Gasteiger partial charge in [0.25, 0.3) is 5.91 Å². The summed E-state index contributed by atoms with van der Waals surface area (Å²) in [5, 5.41) is 2.76. The van der Waals surface area contributed by atoms with Gasteiger partial charge >= 0.3 is 0 Å².